The van der Waals surface area contributed by atoms with E-state index >= 15 is 0 Å². The lowest BCUT2D eigenvalue weighted by Crippen LogP contribution is -2.28. The van der Waals surface area contributed by atoms with E-state index in [4.69, 9.17) is 0 Å². The first-order valence-electron chi connectivity index (χ1n) is 41.7. The highest BCUT2D eigenvalue weighted by atomic mass is 15.2. The summed E-state index contributed by atoms with van der Waals surface area (Å²) in [5.74, 6) is 0. The van der Waals surface area contributed by atoms with Crippen LogP contribution in [0.5, 0.6) is 0 Å². The van der Waals surface area contributed by atoms with Gasteiger partial charge in [-0.25, -0.2) is 0 Å². The Bertz CT molecular complexity index is 7560. The van der Waals surface area contributed by atoms with Gasteiger partial charge < -0.3 is 9.80 Å². The van der Waals surface area contributed by atoms with E-state index in [0.717, 1.165) is 72.7 Å². The summed E-state index contributed by atoms with van der Waals surface area (Å²) in [6, 6.07) is 177. The van der Waals surface area contributed by atoms with E-state index in [1.807, 2.05) is 0 Å². The van der Waals surface area contributed by atoms with Crippen LogP contribution >= 0.6 is 0 Å². The molecule has 120 heavy (non-hydrogen) atoms. The quantitative estimate of drug-likeness (QED) is 0.0944. The molecule has 2 heteroatoms. The van der Waals surface area contributed by atoms with Crippen LogP contribution in [0.15, 0.2) is 473 Å². The lowest BCUT2D eigenvalue weighted by molar-refractivity contribution is 0.768. The van der Waals surface area contributed by atoms with Gasteiger partial charge in [0, 0.05) is 33.3 Å². The van der Waals surface area contributed by atoms with Gasteiger partial charge in [-0.3, -0.25) is 0 Å². The second-order valence-electron chi connectivity index (χ2n) is 32.0. The highest BCUT2D eigenvalue weighted by molar-refractivity contribution is 6.22. The molecule has 0 aromatic heterocycles. The van der Waals surface area contributed by atoms with Crippen molar-refractivity contribution >= 4 is 88.0 Å². The Balaban J connectivity index is 0.697. The fourth-order valence-electron chi connectivity index (χ4n) is 20.6. The summed E-state index contributed by atoms with van der Waals surface area (Å²) in [7, 11) is 0. The Morgan fingerprint density at radius 3 is 1.04 bits per heavy atom. The second kappa shape index (κ2) is 28.8. The van der Waals surface area contributed by atoms with E-state index in [0.29, 0.717) is 0 Å². The zero-order chi connectivity index (χ0) is 79.2. The molecule has 0 saturated heterocycles. The fraction of sp³-hybridized carbons (Fsp3) is 0.0169. The summed E-state index contributed by atoms with van der Waals surface area (Å²) < 4.78 is 0. The van der Waals surface area contributed by atoms with Gasteiger partial charge in [-0.2, -0.15) is 0 Å². The number of benzene rings is 21. The van der Waals surface area contributed by atoms with Crippen LogP contribution in [0.2, 0.25) is 0 Å². The van der Waals surface area contributed by atoms with Gasteiger partial charge in [-0.1, -0.05) is 400 Å². The van der Waals surface area contributed by atoms with Crippen molar-refractivity contribution in [3.63, 3.8) is 0 Å². The van der Waals surface area contributed by atoms with Crippen LogP contribution in [0.4, 0.5) is 34.1 Å². The molecule has 2 aliphatic rings. The highest BCUT2D eigenvalue weighted by Gasteiger charge is 2.49. The van der Waals surface area contributed by atoms with Crippen LogP contribution in [-0.2, 0) is 10.8 Å². The maximum absolute atomic E-state index is 2.56. The number of fused-ring (bicyclic) bond motifs is 12. The van der Waals surface area contributed by atoms with E-state index in [9.17, 15) is 0 Å². The van der Waals surface area contributed by atoms with Crippen LogP contribution in [0.3, 0.4) is 0 Å². The monoisotopic (exact) mass is 1520 g/mol. The maximum atomic E-state index is 2.56. The van der Waals surface area contributed by atoms with Crippen molar-refractivity contribution in [1.29, 1.82) is 0 Å². The summed E-state index contributed by atoms with van der Waals surface area (Å²) in [5, 5.41) is 11.9. The molecule has 2 nitrogen and oxygen atoms in total. The van der Waals surface area contributed by atoms with Gasteiger partial charge in [0.2, 0.25) is 0 Å². The van der Waals surface area contributed by atoms with Gasteiger partial charge in [-0.05, 0) is 227 Å². The van der Waals surface area contributed by atoms with Crippen molar-refractivity contribution in [2.24, 2.45) is 0 Å². The van der Waals surface area contributed by atoms with Crippen LogP contribution in [0.1, 0.15) is 44.5 Å². The average Bonchev–Trinajstić information content (AvgIpc) is 1.53. The Hall–Kier alpha value is -15.5. The van der Waals surface area contributed by atoms with Gasteiger partial charge in [0.1, 0.15) is 0 Å². The van der Waals surface area contributed by atoms with Gasteiger partial charge in [-0.15, -0.1) is 0 Å². The molecule has 1 unspecified atom stereocenters. The Morgan fingerprint density at radius 2 is 0.483 bits per heavy atom. The van der Waals surface area contributed by atoms with E-state index in [-0.39, 0.29) is 0 Å². The minimum absolute atomic E-state index is 0.609. The molecule has 0 fully saturated rings. The highest BCUT2D eigenvalue weighted by Crippen LogP contribution is 2.63. The Labute approximate surface area is 699 Å². The van der Waals surface area contributed by atoms with Crippen LogP contribution < -0.4 is 9.80 Å². The first-order chi connectivity index (χ1) is 59.5. The van der Waals surface area contributed by atoms with Crippen molar-refractivity contribution in [1.82, 2.24) is 0 Å². The van der Waals surface area contributed by atoms with Gasteiger partial charge in [0.25, 0.3) is 0 Å². The molecule has 1 atom stereocenters. The predicted molar refractivity (Wildman–Crippen MR) is 505 cm³/mol. The zero-order valence-electron chi connectivity index (χ0n) is 65.9. The van der Waals surface area contributed by atoms with Gasteiger partial charge in [0.05, 0.1) is 33.6 Å². The topological polar surface area (TPSA) is 6.48 Å². The smallest absolute Gasteiger partial charge is 0.0714 e. The molecular formula is C118H78N2. The lowest BCUT2D eigenvalue weighted by atomic mass is 9.67. The van der Waals surface area contributed by atoms with Crippen molar-refractivity contribution in [3.05, 3.63) is 518 Å². The van der Waals surface area contributed by atoms with Crippen LogP contribution in [0, 0.1) is 0 Å². The van der Waals surface area contributed by atoms with Gasteiger partial charge >= 0.3 is 0 Å². The van der Waals surface area contributed by atoms with E-state index in [2.05, 4.69) is 483 Å². The van der Waals surface area contributed by atoms with Crippen LogP contribution in [-0.4, -0.2) is 0 Å². The summed E-state index contributed by atoms with van der Waals surface area (Å²) in [5.41, 5.74) is 31.5. The molecular weight excluding hydrogens is 1450 g/mol. The molecule has 2 aliphatic carbocycles. The van der Waals surface area contributed by atoms with Gasteiger partial charge in [0.15, 0.2) is 0 Å². The summed E-state index contributed by atoms with van der Waals surface area (Å²) in [6.07, 6.45) is 0. The standard InChI is InChI=1S/C118H78N2/c1-6-33-79(34-7-1)85-69-67-80-68-70-86(75-90(80)74-85)84-40-27-50-95(77-84)119(111-65-31-61-107-115(111)103-57-22-24-59-105(103)117(107,91-43-10-3-11-44-91)92-45-12-4-13-46-92)110-64-30-41-88-73-87(71-72-98(88)110)83-39-26-49-94(76-83)118(93-47-14-5-15-48-93)106-60-25-23-58-104(106)116-108(118)62-32-66-112(116)120(109-63-29-38-81-35-16-17-52-97(81)109)96-51-28-42-89(78-96)114-102-56-21-19-54-100(102)99-53-18-20-55-101(99)113(114)82-36-8-2-9-37-82/h1-78H. The predicted octanol–water partition coefficient (Wildman–Crippen LogP) is 31.5. The Kier molecular flexibility index (Phi) is 16.8. The number of hydrogen-bond donors (Lipinski definition) is 0. The third-order valence-electron chi connectivity index (χ3n) is 25.7. The molecule has 0 saturated carbocycles. The number of anilines is 6. The molecule has 0 amide bonds. The van der Waals surface area contributed by atoms with Crippen molar-refractivity contribution in [2.75, 3.05) is 9.80 Å². The lowest BCUT2D eigenvalue weighted by Gasteiger charge is -2.35. The molecule has 0 aliphatic heterocycles. The third-order valence-corrected chi connectivity index (χ3v) is 25.7. The Morgan fingerprint density at radius 1 is 0.150 bits per heavy atom. The fourth-order valence-corrected chi connectivity index (χ4v) is 20.6. The molecule has 0 bridgehead atoms. The van der Waals surface area contributed by atoms with Crippen LogP contribution in [0.25, 0.3) is 132 Å². The number of rotatable bonds is 15. The second-order valence-corrected chi connectivity index (χ2v) is 32.0. The van der Waals surface area contributed by atoms with E-state index in [1.54, 1.807) is 0 Å². The van der Waals surface area contributed by atoms with Crippen molar-refractivity contribution < 1.29 is 0 Å². The number of hydrogen-bond acceptors (Lipinski definition) is 2. The minimum Gasteiger partial charge on any atom is -0.309 e. The molecule has 23 rings (SSSR count). The summed E-state index contributed by atoms with van der Waals surface area (Å²) >= 11 is 0. The minimum atomic E-state index is -0.760. The molecule has 21 aromatic rings. The first-order valence-corrected chi connectivity index (χ1v) is 41.7. The third kappa shape index (κ3) is 11.1. The normalized spacial score (nSPS) is 13.6. The maximum Gasteiger partial charge on any atom is 0.0714 e. The van der Waals surface area contributed by atoms with E-state index < -0.39 is 10.8 Å². The molecule has 21 aromatic carbocycles. The largest absolute Gasteiger partial charge is 0.309 e. The summed E-state index contributed by atoms with van der Waals surface area (Å²) in [6.45, 7) is 0. The molecule has 560 valence electrons. The first kappa shape index (κ1) is 70.0. The molecule has 0 radical (unpaired) electrons. The molecule has 0 N–H and O–H groups in total. The van der Waals surface area contributed by atoms with Crippen molar-refractivity contribution in [2.45, 2.75) is 10.8 Å². The summed E-state index contributed by atoms with van der Waals surface area (Å²) in [4.78, 5) is 5.12. The number of nitrogens with zero attached hydrogens (tertiary/aromatic N) is 2. The molecule has 0 heterocycles. The van der Waals surface area contributed by atoms with Crippen molar-refractivity contribution in [3.8, 4) is 77.9 Å². The SMILES string of the molecule is c1ccc(-c2ccc3ccc(-c4cccc(N(c5cccc6c5-c5ccccc5C6(c5ccccc5)c5ccccc5)c5cccc6cc(-c7cccc(C8(c9ccccc9)c9ccccc9-c9c(N(c%10cccc(-c%11c(-c%12ccccc%12)c%12ccccc%12c%12ccccc%11%12)c%10)c%10cccc%11ccccc%10%11)cccc98)c7)ccc56)c4)cc3c2)cc1. The zero-order valence-corrected chi connectivity index (χ0v) is 65.9. The molecule has 0 spiro atoms. The van der Waals surface area contributed by atoms with E-state index in [1.165, 1.54) is 138 Å². The average molecular weight is 1520 g/mol.